The molecule has 2 aliphatic rings. The molecule has 0 radical (unpaired) electrons. The molecule has 1 aliphatic heterocycles. The first kappa shape index (κ1) is 19.7. The third kappa shape index (κ3) is 4.63. The quantitative estimate of drug-likeness (QED) is 0.788. The van der Waals surface area contributed by atoms with E-state index in [0.717, 1.165) is 50.2 Å². The third-order valence-corrected chi connectivity index (χ3v) is 6.61. The Kier molecular flexibility index (Phi) is 7.03. The predicted molar refractivity (Wildman–Crippen MR) is 106 cm³/mol. The molecule has 1 N–H and O–H groups in total. The number of aromatic nitrogens is 1. The van der Waals surface area contributed by atoms with Gasteiger partial charge in [-0.15, -0.1) is 11.3 Å². The van der Waals surface area contributed by atoms with Crippen LogP contribution in [0.2, 0.25) is 0 Å². The largest absolute Gasteiger partial charge is 0.379 e. The number of amides is 1. The van der Waals surface area contributed by atoms with Crippen LogP contribution in [0.15, 0.2) is 5.38 Å². The summed E-state index contributed by atoms with van der Waals surface area (Å²) in [6.07, 6.45) is 6.56. The number of anilines is 1. The van der Waals surface area contributed by atoms with Crippen molar-refractivity contribution in [3.8, 4) is 0 Å². The van der Waals surface area contributed by atoms with Crippen LogP contribution in [0, 0.1) is 0 Å². The van der Waals surface area contributed by atoms with Crippen molar-refractivity contribution < 1.29 is 9.53 Å². The average molecular weight is 381 g/mol. The summed E-state index contributed by atoms with van der Waals surface area (Å²) in [6, 6.07) is 0. The second kappa shape index (κ2) is 9.26. The SMILES string of the molecule is CCN(C(C)=O)c1nc(CNCC2(N3CCOCC3)CCCCC2)cs1. The van der Waals surface area contributed by atoms with Crippen molar-refractivity contribution >= 4 is 22.4 Å². The Morgan fingerprint density at radius 3 is 2.73 bits per heavy atom. The van der Waals surface area contributed by atoms with Crippen LogP contribution in [-0.4, -0.2) is 60.7 Å². The molecule has 0 unspecified atom stereocenters. The summed E-state index contributed by atoms with van der Waals surface area (Å²) in [6.45, 7) is 9.81. The molecule has 1 saturated heterocycles. The summed E-state index contributed by atoms with van der Waals surface area (Å²) in [5, 5.41) is 6.54. The van der Waals surface area contributed by atoms with Crippen LogP contribution in [0.1, 0.15) is 51.6 Å². The summed E-state index contributed by atoms with van der Waals surface area (Å²) >= 11 is 1.55. The Balaban J connectivity index is 1.58. The van der Waals surface area contributed by atoms with E-state index in [1.165, 1.54) is 32.1 Å². The van der Waals surface area contributed by atoms with Crippen LogP contribution >= 0.6 is 11.3 Å². The van der Waals surface area contributed by atoms with E-state index < -0.39 is 0 Å². The molecule has 6 nitrogen and oxygen atoms in total. The molecule has 2 heterocycles. The zero-order valence-corrected chi connectivity index (χ0v) is 16.9. The molecule has 1 saturated carbocycles. The zero-order valence-electron chi connectivity index (χ0n) is 16.1. The van der Waals surface area contributed by atoms with Gasteiger partial charge < -0.3 is 10.1 Å². The first-order chi connectivity index (χ1) is 12.6. The summed E-state index contributed by atoms with van der Waals surface area (Å²) in [7, 11) is 0. The number of hydrogen-bond donors (Lipinski definition) is 1. The van der Waals surface area contributed by atoms with Crippen LogP contribution in [0.3, 0.4) is 0 Å². The molecule has 3 rings (SSSR count). The van der Waals surface area contributed by atoms with Crippen molar-refractivity contribution in [1.29, 1.82) is 0 Å². The highest BCUT2D eigenvalue weighted by atomic mass is 32.1. The minimum atomic E-state index is 0.0508. The Hall–Kier alpha value is -1.02. The minimum absolute atomic E-state index is 0.0508. The molecule has 26 heavy (non-hydrogen) atoms. The number of morpholine rings is 1. The molecule has 2 fully saturated rings. The van der Waals surface area contributed by atoms with E-state index in [9.17, 15) is 4.79 Å². The molecule has 1 aromatic heterocycles. The first-order valence-electron chi connectivity index (χ1n) is 9.91. The fourth-order valence-electron chi connectivity index (χ4n) is 4.27. The number of thiazole rings is 1. The number of ether oxygens (including phenoxy) is 1. The number of carbonyl (C=O) groups is 1. The van der Waals surface area contributed by atoms with Gasteiger partial charge in [-0.25, -0.2) is 4.98 Å². The van der Waals surface area contributed by atoms with E-state index in [0.29, 0.717) is 6.54 Å². The molecule has 7 heteroatoms. The summed E-state index contributed by atoms with van der Waals surface area (Å²) in [5.74, 6) is 0.0508. The smallest absolute Gasteiger partial charge is 0.225 e. The highest BCUT2D eigenvalue weighted by Gasteiger charge is 2.38. The van der Waals surface area contributed by atoms with Crippen LogP contribution in [0.4, 0.5) is 5.13 Å². The summed E-state index contributed by atoms with van der Waals surface area (Å²) in [5.41, 5.74) is 1.30. The van der Waals surface area contributed by atoms with Gasteiger partial charge in [-0.05, 0) is 19.8 Å². The fraction of sp³-hybridized carbons (Fsp3) is 0.789. The fourth-order valence-corrected chi connectivity index (χ4v) is 5.20. The molecular formula is C19H32N4O2S. The molecule has 146 valence electrons. The van der Waals surface area contributed by atoms with Gasteiger partial charge in [-0.2, -0.15) is 0 Å². The minimum Gasteiger partial charge on any atom is -0.379 e. The van der Waals surface area contributed by atoms with Gasteiger partial charge in [0.25, 0.3) is 0 Å². The molecule has 1 amide bonds. The summed E-state index contributed by atoms with van der Waals surface area (Å²) < 4.78 is 5.56. The number of carbonyl (C=O) groups excluding carboxylic acids is 1. The van der Waals surface area contributed by atoms with E-state index in [4.69, 9.17) is 4.74 Å². The lowest BCUT2D eigenvalue weighted by Crippen LogP contribution is -2.59. The van der Waals surface area contributed by atoms with Gasteiger partial charge in [0.1, 0.15) is 0 Å². The van der Waals surface area contributed by atoms with Crippen LogP contribution in [-0.2, 0) is 16.1 Å². The maximum atomic E-state index is 11.7. The number of hydrogen-bond acceptors (Lipinski definition) is 6. The van der Waals surface area contributed by atoms with Crippen molar-refractivity contribution in [3.63, 3.8) is 0 Å². The zero-order chi connectivity index (χ0) is 18.4. The monoisotopic (exact) mass is 380 g/mol. The highest BCUT2D eigenvalue weighted by molar-refractivity contribution is 7.14. The highest BCUT2D eigenvalue weighted by Crippen LogP contribution is 2.34. The molecule has 0 bridgehead atoms. The van der Waals surface area contributed by atoms with Gasteiger partial charge in [-0.3, -0.25) is 14.6 Å². The predicted octanol–water partition coefficient (Wildman–Crippen LogP) is 2.64. The maximum Gasteiger partial charge on any atom is 0.225 e. The van der Waals surface area contributed by atoms with E-state index in [1.807, 2.05) is 6.92 Å². The Labute approximate surface area is 160 Å². The van der Waals surface area contributed by atoms with Crippen molar-refractivity contribution in [1.82, 2.24) is 15.2 Å². The molecule has 0 atom stereocenters. The van der Waals surface area contributed by atoms with Gasteiger partial charge in [0, 0.05) is 50.6 Å². The lowest BCUT2D eigenvalue weighted by molar-refractivity contribution is -0.116. The standard InChI is InChI=1S/C19H32N4O2S/c1-3-23(16(2)24)18-21-17(14-26-18)13-20-15-19(7-5-4-6-8-19)22-9-11-25-12-10-22/h14,20H,3-13,15H2,1-2H3. The maximum absolute atomic E-state index is 11.7. The second-order valence-corrected chi connectivity index (χ2v) is 8.21. The van der Waals surface area contributed by atoms with E-state index >= 15 is 0 Å². The van der Waals surface area contributed by atoms with Crippen LogP contribution < -0.4 is 10.2 Å². The number of nitrogens with one attached hydrogen (secondary N) is 1. The first-order valence-corrected chi connectivity index (χ1v) is 10.8. The Bertz CT molecular complexity index is 580. The van der Waals surface area contributed by atoms with Crippen molar-refractivity contribution in [2.75, 3.05) is 44.3 Å². The molecule has 1 aromatic rings. The lowest BCUT2D eigenvalue weighted by Gasteiger charge is -2.48. The molecular weight excluding hydrogens is 348 g/mol. The Morgan fingerprint density at radius 2 is 2.08 bits per heavy atom. The van der Waals surface area contributed by atoms with Crippen molar-refractivity contribution in [2.24, 2.45) is 0 Å². The van der Waals surface area contributed by atoms with E-state index in [1.54, 1.807) is 23.2 Å². The third-order valence-electron chi connectivity index (χ3n) is 5.69. The van der Waals surface area contributed by atoms with Gasteiger partial charge in [-0.1, -0.05) is 19.3 Å². The lowest BCUT2D eigenvalue weighted by atomic mass is 9.79. The summed E-state index contributed by atoms with van der Waals surface area (Å²) in [4.78, 5) is 20.7. The van der Waals surface area contributed by atoms with Crippen molar-refractivity contribution in [3.05, 3.63) is 11.1 Å². The average Bonchev–Trinajstić information content (AvgIpc) is 3.12. The normalized spacial score (nSPS) is 20.8. The molecule has 1 aliphatic carbocycles. The topological polar surface area (TPSA) is 57.7 Å². The second-order valence-electron chi connectivity index (χ2n) is 7.37. The van der Waals surface area contributed by atoms with Gasteiger partial charge in [0.15, 0.2) is 5.13 Å². The molecule has 0 aromatic carbocycles. The van der Waals surface area contributed by atoms with Crippen LogP contribution in [0.25, 0.3) is 0 Å². The van der Waals surface area contributed by atoms with Crippen LogP contribution in [0.5, 0.6) is 0 Å². The van der Waals surface area contributed by atoms with Gasteiger partial charge >= 0.3 is 0 Å². The van der Waals surface area contributed by atoms with E-state index in [-0.39, 0.29) is 11.4 Å². The van der Waals surface area contributed by atoms with Gasteiger partial charge in [0.05, 0.1) is 18.9 Å². The van der Waals surface area contributed by atoms with Gasteiger partial charge in [0.2, 0.25) is 5.91 Å². The Morgan fingerprint density at radius 1 is 1.35 bits per heavy atom. The number of nitrogens with zero attached hydrogens (tertiary/aromatic N) is 3. The molecule has 0 spiro atoms. The van der Waals surface area contributed by atoms with E-state index in [2.05, 4.69) is 20.6 Å². The number of rotatable bonds is 7. The van der Waals surface area contributed by atoms with Crippen molar-refractivity contribution in [2.45, 2.75) is 58.0 Å².